The molecule has 4 rings (SSSR count). The third-order valence-corrected chi connectivity index (χ3v) is 6.76. The summed E-state index contributed by atoms with van der Waals surface area (Å²) in [6.07, 6.45) is 0. The van der Waals surface area contributed by atoms with Gasteiger partial charge in [0.1, 0.15) is 11.1 Å². The maximum Gasteiger partial charge on any atom is 0.271 e. The van der Waals surface area contributed by atoms with Gasteiger partial charge in [-0.05, 0) is 29.6 Å². The molecular weight excluding hydrogens is 442 g/mol. The first-order valence-corrected chi connectivity index (χ1v) is 11.1. The Hall–Kier alpha value is -3.33. The Balaban J connectivity index is 1.46. The number of fused-ring (bicyclic) bond motifs is 1. The molecule has 1 amide bonds. The molecule has 0 unspecified atom stereocenters. The summed E-state index contributed by atoms with van der Waals surface area (Å²) < 4.78 is 0.737. The summed E-state index contributed by atoms with van der Waals surface area (Å²) in [5.41, 5.74) is 1.55. The quantitative estimate of drug-likeness (QED) is 0.249. The first-order valence-electron chi connectivity index (χ1n) is 8.46. The van der Waals surface area contributed by atoms with Crippen LogP contribution in [-0.2, 0) is 4.79 Å². The number of nitro benzene ring substituents is 1. The van der Waals surface area contributed by atoms with E-state index in [1.807, 2.05) is 17.5 Å². The number of thioether (sulfide) groups is 1. The second-order valence-electron chi connectivity index (χ2n) is 5.90. The van der Waals surface area contributed by atoms with Crippen molar-refractivity contribution in [3.8, 4) is 16.6 Å². The van der Waals surface area contributed by atoms with E-state index in [-0.39, 0.29) is 17.3 Å². The number of nitrogens with one attached hydrogen (secondary N) is 1. The SMILES string of the molecule is N#Cc1ccc(-c2cccs2)nc1SCC(=O)Nc1nc2cc([N+](=O)[O-])ccc2s1. The van der Waals surface area contributed by atoms with E-state index >= 15 is 0 Å². The zero-order chi connectivity index (χ0) is 21.1. The summed E-state index contributed by atoms with van der Waals surface area (Å²) in [5.74, 6) is -0.258. The topological polar surface area (TPSA) is 122 Å². The van der Waals surface area contributed by atoms with E-state index in [1.165, 1.54) is 35.2 Å². The van der Waals surface area contributed by atoms with Crippen LogP contribution in [0.5, 0.6) is 0 Å². The number of hydrogen-bond acceptors (Lipinski definition) is 9. The van der Waals surface area contributed by atoms with E-state index in [0.717, 1.165) is 15.3 Å². The number of hydrogen-bond donors (Lipinski definition) is 1. The number of nitrogens with zero attached hydrogens (tertiary/aromatic N) is 4. The normalized spacial score (nSPS) is 10.6. The van der Waals surface area contributed by atoms with Gasteiger partial charge in [0, 0.05) is 12.1 Å². The van der Waals surface area contributed by atoms with E-state index < -0.39 is 4.92 Å². The molecule has 0 aliphatic heterocycles. The molecular formula is C19H11N5O3S3. The molecule has 4 aromatic rings. The number of anilines is 1. The van der Waals surface area contributed by atoms with Crippen molar-refractivity contribution >= 4 is 61.4 Å². The van der Waals surface area contributed by atoms with Crippen LogP contribution >= 0.6 is 34.4 Å². The van der Waals surface area contributed by atoms with Gasteiger partial charge >= 0.3 is 0 Å². The fraction of sp³-hybridized carbons (Fsp3) is 0.0526. The average Bonchev–Trinajstić information content (AvgIpc) is 3.41. The molecule has 0 aliphatic rings. The Bertz CT molecular complexity index is 1290. The summed E-state index contributed by atoms with van der Waals surface area (Å²) in [7, 11) is 0. The first-order chi connectivity index (χ1) is 14.5. The van der Waals surface area contributed by atoms with Gasteiger partial charge in [-0.15, -0.1) is 11.3 Å². The lowest BCUT2D eigenvalue weighted by molar-refractivity contribution is -0.384. The van der Waals surface area contributed by atoms with Crippen molar-refractivity contribution in [2.24, 2.45) is 0 Å². The number of thiophene rings is 1. The maximum atomic E-state index is 12.4. The number of carbonyl (C=O) groups excluding carboxylic acids is 1. The third kappa shape index (κ3) is 4.30. The van der Waals surface area contributed by atoms with Crippen molar-refractivity contribution in [1.29, 1.82) is 5.26 Å². The minimum atomic E-state index is -0.488. The second-order valence-corrected chi connectivity index (χ2v) is 8.85. The smallest absolute Gasteiger partial charge is 0.271 e. The molecule has 8 nitrogen and oxygen atoms in total. The molecule has 0 radical (unpaired) electrons. The Kier molecular flexibility index (Phi) is 5.71. The minimum Gasteiger partial charge on any atom is -0.301 e. The van der Waals surface area contributed by atoms with Crippen LogP contribution in [-0.4, -0.2) is 26.6 Å². The van der Waals surface area contributed by atoms with Crippen molar-refractivity contribution in [2.45, 2.75) is 5.03 Å². The lowest BCUT2D eigenvalue weighted by Gasteiger charge is -2.05. The zero-order valence-corrected chi connectivity index (χ0v) is 17.5. The Morgan fingerprint density at radius 1 is 1.27 bits per heavy atom. The summed E-state index contributed by atoms with van der Waals surface area (Å²) >= 11 is 3.95. The van der Waals surface area contributed by atoms with Crippen LogP contribution in [0.2, 0.25) is 0 Å². The molecule has 11 heteroatoms. The molecule has 0 bridgehead atoms. The summed E-state index contributed by atoms with van der Waals surface area (Å²) in [4.78, 5) is 32.5. The highest BCUT2D eigenvalue weighted by molar-refractivity contribution is 8.00. The van der Waals surface area contributed by atoms with E-state index in [0.29, 0.717) is 21.2 Å². The molecule has 1 aromatic carbocycles. The van der Waals surface area contributed by atoms with Crippen molar-refractivity contribution in [1.82, 2.24) is 9.97 Å². The van der Waals surface area contributed by atoms with E-state index in [4.69, 9.17) is 0 Å². The largest absolute Gasteiger partial charge is 0.301 e. The summed E-state index contributed by atoms with van der Waals surface area (Å²) in [5, 5.41) is 25.7. The number of carbonyl (C=O) groups is 1. The van der Waals surface area contributed by atoms with Crippen molar-refractivity contribution in [2.75, 3.05) is 11.1 Å². The Labute approximate surface area is 182 Å². The van der Waals surface area contributed by atoms with E-state index in [2.05, 4.69) is 21.4 Å². The number of nitro groups is 1. The highest BCUT2D eigenvalue weighted by Crippen LogP contribution is 2.30. The van der Waals surface area contributed by atoms with Crippen LogP contribution in [0, 0.1) is 21.4 Å². The maximum absolute atomic E-state index is 12.4. The van der Waals surface area contributed by atoms with Gasteiger partial charge in [-0.1, -0.05) is 29.2 Å². The van der Waals surface area contributed by atoms with Gasteiger partial charge in [0.2, 0.25) is 5.91 Å². The predicted octanol–water partition coefficient (Wildman–Crippen LogP) is 4.93. The number of aromatic nitrogens is 2. The van der Waals surface area contributed by atoms with Crippen LogP contribution in [0.25, 0.3) is 20.8 Å². The number of nitriles is 1. The number of pyridine rings is 1. The molecule has 3 aromatic heterocycles. The van der Waals surface area contributed by atoms with Gasteiger partial charge in [0.25, 0.3) is 5.69 Å². The van der Waals surface area contributed by atoms with Gasteiger partial charge in [0.05, 0.1) is 37.0 Å². The third-order valence-electron chi connectivity index (χ3n) is 3.92. The van der Waals surface area contributed by atoms with Crippen molar-refractivity contribution in [3.05, 3.63) is 63.5 Å². The lowest BCUT2D eigenvalue weighted by atomic mass is 10.2. The summed E-state index contributed by atoms with van der Waals surface area (Å²) in [6, 6.07) is 13.8. The van der Waals surface area contributed by atoms with E-state index in [9.17, 15) is 20.2 Å². The Morgan fingerprint density at radius 3 is 2.87 bits per heavy atom. The molecule has 0 fully saturated rings. The van der Waals surface area contributed by atoms with E-state index in [1.54, 1.807) is 29.5 Å². The molecule has 30 heavy (non-hydrogen) atoms. The predicted molar refractivity (Wildman–Crippen MR) is 118 cm³/mol. The first kappa shape index (κ1) is 20.0. The number of thiazole rings is 1. The Morgan fingerprint density at radius 2 is 2.13 bits per heavy atom. The lowest BCUT2D eigenvalue weighted by Crippen LogP contribution is -2.14. The molecule has 0 saturated carbocycles. The van der Waals surface area contributed by atoms with Crippen molar-refractivity contribution in [3.63, 3.8) is 0 Å². The highest BCUT2D eigenvalue weighted by Gasteiger charge is 2.14. The van der Waals surface area contributed by atoms with Gasteiger partial charge in [-0.25, -0.2) is 9.97 Å². The number of non-ortho nitro benzene ring substituents is 1. The van der Waals surface area contributed by atoms with Gasteiger partial charge < -0.3 is 5.32 Å². The van der Waals surface area contributed by atoms with Crippen LogP contribution in [0.1, 0.15) is 5.56 Å². The molecule has 1 N–H and O–H groups in total. The van der Waals surface area contributed by atoms with Crippen molar-refractivity contribution < 1.29 is 9.72 Å². The van der Waals surface area contributed by atoms with Crippen LogP contribution in [0.4, 0.5) is 10.8 Å². The van der Waals surface area contributed by atoms with Crippen LogP contribution in [0.3, 0.4) is 0 Å². The number of benzene rings is 1. The fourth-order valence-corrected chi connectivity index (χ4v) is 4.90. The van der Waals surface area contributed by atoms with Gasteiger partial charge in [0.15, 0.2) is 5.13 Å². The molecule has 148 valence electrons. The molecule has 3 heterocycles. The zero-order valence-electron chi connectivity index (χ0n) is 15.1. The minimum absolute atomic E-state index is 0.0473. The summed E-state index contributed by atoms with van der Waals surface area (Å²) in [6.45, 7) is 0. The molecule has 0 atom stereocenters. The monoisotopic (exact) mass is 453 g/mol. The van der Waals surface area contributed by atoms with Crippen LogP contribution < -0.4 is 5.32 Å². The fourth-order valence-electron chi connectivity index (χ4n) is 2.57. The number of rotatable bonds is 6. The van der Waals surface area contributed by atoms with Gasteiger partial charge in [-0.2, -0.15) is 5.26 Å². The average molecular weight is 454 g/mol. The molecule has 0 spiro atoms. The number of amides is 1. The van der Waals surface area contributed by atoms with Crippen LogP contribution in [0.15, 0.2) is 52.9 Å². The molecule has 0 aliphatic carbocycles. The molecule has 0 saturated heterocycles. The van der Waals surface area contributed by atoms with Gasteiger partial charge in [-0.3, -0.25) is 14.9 Å². The standard InChI is InChI=1S/C19H11N5O3S3/c20-9-11-3-5-13(15-2-1-7-28-15)21-18(11)29-10-17(25)23-19-22-14-8-12(24(26)27)4-6-16(14)30-19/h1-8H,10H2,(H,22,23,25). The highest BCUT2D eigenvalue weighted by atomic mass is 32.2. The second kappa shape index (κ2) is 8.58.